The Bertz CT molecular complexity index is 1760. The molecule has 0 radical (unpaired) electrons. The van der Waals surface area contributed by atoms with Gasteiger partial charge in [0.05, 0.1) is 15.6 Å². The second-order valence-corrected chi connectivity index (χ2v) is 14.6. The summed E-state index contributed by atoms with van der Waals surface area (Å²) in [4.78, 5) is 30.4. The average Bonchev–Trinajstić information content (AvgIpc) is 3.07. The summed E-state index contributed by atoms with van der Waals surface area (Å²) in [5.41, 5.74) is 3.88. The third-order valence-corrected chi connectivity index (χ3v) is 10.8. The summed E-state index contributed by atoms with van der Waals surface area (Å²) in [5.74, 6) is -0.757. The number of nitrogens with one attached hydrogen (secondary N) is 1. The van der Waals surface area contributed by atoms with E-state index in [2.05, 4.69) is 5.32 Å². The first kappa shape index (κ1) is 34.2. The molecule has 0 spiro atoms. The second kappa shape index (κ2) is 15.6. The maximum absolute atomic E-state index is 14.7. The first-order valence-electron chi connectivity index (χ1n) is 16.1. The Morgan fingerprint density at radius 1 is 0.787 bits per heavy atom. The zero-order valence-corrected chi connectivity index (χ0v) is 28.5. The molecular formula is C38H42ClN3O4S. The van der Waals surface area contributed by atoms with E-state index >= 15 is 0 Å². The van der Waals surface area contributed by atoms with E-state index in [-0.39, 0.29) is 40.5 Å². The molecule has 0 unspecified atom stereocenters. The van der Waals surface area contributed by atoms with Gasteiger partial charge in [-0.2, -0.15) is 0 Å². The number of anilines is 1. The number of aryl methyl sites for hydroxylation is 2. The molecule has 4 aromatic carbocycles. The molecule has 0 aromatic heterocycles. The van der Waals surface area contributed by atoms with Crippen molar-refractivity contribution in [2.45, 2.75) is 75.9 Å². The number of hydrogen-bond donors (Lipinski definition) is 1. The highest BCUT2D eigenvalue weighted by molar-refractivity contribution is 7.92. The molecule has 1 saturated carbocycles. The minimum atomic E-state index is -4.23. The Morgan fingerprint density at radius 2 is 1.38 bits per heavy atom. The van der Waals surface area contributed by atoms with Gasteiger partial charge in [-0.3, -0.25) is 13.9 Å². The molecule has 47 heavy (non-hydrogen) atoms. The fourth-order valence-electron chi connectivity index (χ4n) is 5.99. The lowest BCUT2D eigenvalue weighted by atomic mass is 9.94. The molecule has 5 rings (SSSR count). The third-order valence-electron chi connectivity index (χ3n) is 8.71. The maximum Gasteiger partial charge on any atom is 0.264 e. The Labute approximate surface area is 283 Å². The molecule has 246 valence electrons. The van der Waals surface area contributed by atoms with Crippen molar-refractivity contribution in [3.8, 4) is 0 Å². The molecule has 1 atom stereocenters. The zero-order valence-electron chi connectivity index (χ0n) is 26.9. The van der Waals surface area contributed by atoms with Crippen molar-refractivity contribution in [2.75, 3.05) is 10.8 Å². The third kappa shape index (κ3) is 8.82. The van der Waals surface area contributed by atoms with Crippen LogP contribution in [0.4, 0.5) is 5.69 Å². The Hall–Kier alpha value is -4.14. The number of rotatable bonds is 12. The van der Waals surface area contributed by atoms with Crippen molar-refractivity contribution < 1.29 is 18.0 Å². The Balaban J connectivity index is 1.56. The second-order valence-electron chi connectivity index (χ2n) is 12.3. The molecule has 1 aliphatic rings. The zero-order chi connectivity index (χ0) is 33.4. The molecule has 0 saturated heterocycles. The predicted molar refractivity (Wildman–Crippen MR) is 188 cm³/mol. The van der Waals surface area contributed by atoms with E-state index in [9.17, 15) is 18.0 Å². The van der Waals surface area contributed by atoms with Crippen LogP contribution in [0.5, 0.6) is 0 Å². The largest absolute Gasteiger partial charge is 0.352 e. The molecule has 9 heteroatoms. The normalized spacial score (nSPS) is 14.3. The summed E-state index contributed by atoms with van der Waals surface area (Å²) in [5, 5.41) is 3.43. The monoisotopic (exact) mass is 671 g/mol. The van der Waals surface area contributed by atoms with Crippen molar-refractivity contribution >= 4 is 39.1 Å². The minimum Gasteiger partial charge on any atom is -0.352 e. The summed E-state index contributed by atoms with van der Waals surface area (Å²) < 4.78 is 29.5. The van der Waals surface area contributed by atoms with Crippen LogP contribution in [-0.2, 0) is 32.6 Å². The number of hydrogen-bond acceptors (Lipinski definition) is 4. The van der Waals surface area contributed by atoms with Gasteiger partial charge in [0, 0.05) is 19.0 Å². The van der Waals surface area contributed by atoms with Crippen molar-refractivity contribution in [1.82, 2.24) is 10.2 Å². The molecule has 0 aliphatic heterocycles. The lowest BCUT2D eigenvalue weighted by Gasteiger charge is -2.35. The van der Waals surface area contributed by atoms with Crippen LogP contribution < -0.4 is 9.62 Å². The summed E-state index contributed by atoms with van der Waals surface area (Å²) in [7, 11) is -4.23. The fraction of sp³-hybridized carbons (Fsp3) is 0.316. The van der Waals surface area contributed by atoms with E-state index < -0.39 is 28.5 Å². The van der Waals surface area contributed by atoms with E-state index in [1.54, 1.807) is 36.4 Å². The Kier molecular flexibility index (Phi) is 11.4. The molecule has 1 aliphatic carbocycles. The number of carbonyl (C=O) groups is 2. The minimum absolute atomic E-state index is 0.0346. The number of para-hydroxylation sites is 1. The van der Waals surface area contributed by atoms with Crippen LogP contribution in [0.15, 0.2) is 108 Å². The standard InChI is InChI=1S/C38H42ClN3O4S/c1-28-17-21-31(22-18-28)26-41(36(25-30-11-5-3-6-12-30)38(44)40-32-13-7-4-8-14-32)37(43)27-42(35-16-10-9-15-34(35)39)47(45,46)33-23-19-29(2)20-24-33/h3,5-6,9-12,15-24,32,36H,4,7-8,13-14,25-27H2,1-2H3,(H,40,44)/t36-/m0/s1. The molecule has 2 amide bonds. The number of benzene rings is 4. The van der Waals surface area contributed by atoms with Gasteiger partial charge in [-0.15, -0.1) is 0 Å². The van der Waals surface area contributed by atoms with Gasteiger partial charge in [0.2, 0.25) is 11.8 Å². The summed E-state index contributed by atoms with van der Waals surface area (Å²) >= 11 is 6.58. The van der Waals surface area contributed by atoms with E-state index in [0.29, 0.717) is 0 Å². The number of halogens is 1. The van der Waals surface area contributed by atoms with Gasteiger partial charge in [-0.1, -0.05) is 121 Å². The SMILES string of the molecule is Cc1ccc(CN(C(=O)CN(c2ccccc2Cl)S(=O)(=O)c2ccc(C)cc2)[C@@H](Cc2ccccc2)C(=O)NC2CCCCC2)cc1. The molecule has 4 aromatic rings. The highest BCUT2D eigenvalue weighted by Gasteiger charge is 2.36. The summed E-state index contributed by atoms with van der Waals surface area (Å²) in [6.45, 7) is 3.43. The van der Waals surface area contributed by atoms with Crippen molar-refractivity contribution in [1.29, 1.82) is 0 Å². The fourth-order valence-corrected chi connectivity index (χ4v) is 7.71. The van der Waals surface area contributed by atoms with Gasteiger partial charge in [-0.25, -0.2) is 8.42 Å². The van der Waals surface area contributed by atoms with Gasteiger partial charge < -0.3 is 10.2 Å². The van der Waals surface area contributed by atoms with Crippen LogP contribution in [0, 0.1) is 13.8 Å². The van der Waals surface area contributed by atoms with Crippen LogP contribution in [0.2, 0.25) is 5.02 Å². The highest BCUT2D eigenvalue weighted by atomic mass is 35.5. The molecule has 0 bridgehead atoms. The van der Waals surface area contributed by atoms with Crippen molar-refractivity contribution in [3.05, 3.63) is 130 Å². The van der Waals surface area contributed by atoms with Crippen LogP contribution in [0.3, 0.4) is 0 Å². The van der Waals surface area contributed by atoms with Gasteiger partial charge >= 0.3 is 0 Å². The molecule has 1 N–H and O–H groups in total. The first-order valence-corrected chi connectivity index (χ1v) is 18.0. The first-order chi connectivity index (χ1) is 22.6. The average molecular weight is 672 g/mol. The van der Waals surface area contributed by atoms with E-state index in [0.717, 1.165) is 58.7 Å². The maximum atomic E-state index is 14.7. The van der Waals surface area contributed by atoms with Gasteiger partial charge in [0.25, 0.3) is 10.0 Å². The van der Waals surface area contributed by atoms with Gasteiger partial charge in [0.1, 0.15) is 12.6 Å². The number of sulfonamides is 1. The summed E-state index contributed by atoms with van der Waals surface area (Å²) in [6.07, 6.45) is 5.29. The lowest BCUT2D eigenvalue weighted by molar-refractivity contribution is -0.140. The smallest absolute Gasteiger partial charge is 0.264 e. The van der Waals surface area contributed by atoms with E-state index in [1.165, 1.54) is 17.0 Å². The Morgan fingerprint density at radius 3 is 2.02 bits per heavy atom. The van der Waals surface area contributed by atoms with Gasteiger partial charge in [0.15, 0.2) is 0 Å². The molecule has 7 nitrogen and oxygen atoms in total. The van der Waals surface area contributed by atoms with Crippen LogP contribution >= 0.6 is 11.6 Å². The van der Waals surface area contributed by atoms with E-state index in [1.807, 2.05) is 68.4 Å². The van der Waals surface area contributed by atoms with Crippen LogP contribution in [0.1, 0.15) is 54.4 Å². The highest BCUT2D eigenvalue weighted by Crippen LogP contribution is 2.31. The molecule has 0 heterocycles. The molecule has 1 fully saturated rings. The summed E-state index contributed by atoms with van der Waals surface area (Å²) in [6, 6.07) is 29.6. The number of nitrogens with zero attached hydrogens (tertiary/aromatic N) is 2. The number of carbonyl (C=O) groups excluding carboxylic acids is 2. The van der Waals surface area contributed by atoms with Crippen LogP contribution in [0.25, 0.3) is 0 Å². The quantitative estimate of drug-likeness (QED) is 0.172. The van der Waals surface area contributed by atoms with Gasteiger partial charge in [-0.05, 0) is 62.1 Å². The van der Waals surface area contributed by atoms with E-state index in [4.69, 9.17) is 11.6 Å². The van der Waals surface area contributed by atoms with Crippen molar-refractivity contribution in [2.24, 2.45) is 0 Å². The molecular weight excluding hydrogens is 630 g/mol. The lowest BCUT2D eigenvalue weighted by Crippen LogP contribution is -2.55. The predicted octanol–water partition coefficient (Wildman–Crippen LogP) is 7.24. The van der Waals surface area contributed by atoms with Crippen molar-refractivity contribution in [3.63, 3.8) is 0 Å². The topological polar surface area (TPSA) is 86.8 Å². The van der Waals surface area contributed by atoms with Crippen LogP contribution in [-0.4, -0.2) is 43.8 Å². The number of amides is 2.